The number of nitrogens with one attached hydrogen (secondary N) is 1. The third kappa shape index (κ3) is 3.48. The Morgan fingerprint density at radius 1 is 1.15 bits per heavy atom. The smallest absolute Gasteiger partial charge is 0.0637 e. The number of hydrogen-bond acceptors (Lipinski definition) is 2. The molecule has 1 N–H and O–H groups in total. The lowest BCUT2D eigenvalue weighted by molar-refractivity contribution is 0.568. The van der Waals surface area contributed by atoms with Crippen LogP contribution < -0.4 is 5.32 Å². The van der Waals surface area contributed by atoms with E-state index in [1.165, 1.54) is 22.3 Å². The topological polar surface area (TPSA) is 29.9 Å². The molecule has 0 amide bonds. The molecule has 0 fully saturated rings. The molecule has 3 nitrogen and oxygen atoms in total. The van der Waals surface area contributed by atoms with Gasteiger partial charge in [0.2, 0.25) is 0 Å². The van der Waals surface area contributed by atoms with E-state index in [1.807, 2.05) is 17.9 Å². The summed E-state index contributed by atoms with van der Waals surface area (Å²) in [4.78, 5) is 0. The van der Waals surface area contributed by atoms with Crippen LogP contribution in [0.5, 0.6) is 0 Å². The normalized spacial score (nSPS) is 12.7. The standard InChI is InChI=1S/C17H25N3/c1-12-10-14(3)17(11-13(12)2)15(4)18-8-6-16-7-9-20(5)19-16/h7,9-11,15,18H,6,8H2,1-5H3. The van der Waals surface area contributed by atoms with Gasteiger partial charge in [0.1, 0.15) is 0 Å². The zero-order valence-electron chi connectivity index (χ0n) is 13.2. The van der Waals surface area contributed by atoms with Crippen LogP contribution in [0.15, 0.2) is 24.4 Å². The zero-order chi connectivity index (χ0) is 14.7. The van der Waals surface area contributed by atoms with Crippen LogP contribution in [0.25, 0.3) is 0 Å². The largest absolute Gasteiger partial charge is 0.310 e. The fourth-order valence-electron chi connectivity index (χ4n) is 2.57. The van der Waals surface area contributed by atoms with Crippen LogP contribution >= 0.6 is 0 Å². The van der Waals surface area contributed by atoms with Crippen molar-refractivity contribution in [3.05, 3.63) is 52.3 Å². The monoisotopic (exact) mass is 271 g/mol. The van der Waals surface area contributed by atoms with Crippen LogP contribution in [0.1, 0.15) is 40.9 Å². The Balaban J connectivity index is 1.95. The molecule has 2 aromatic rings. The maximum atomic E-state index is 4.40. The maximum Gasteiger partial charge on any atom is 0.0637 e. The first-order valence-corrected chi connectivity index (χ1v) is 7.27. The van der Waals surface area contributed by atoms with Gasteiger partial charge >= 0.3 is 0 Å². The first kappa shape index (κ1) is 14.8. The van der Waals surface area contributed by atoms with Gasteiger partial charge in [-0.3, -0.25) is 4.68 Å². The lowest BCUT2D eigenvalue weighted by atomic mass is 9.96. The van der Waals surface area contributed by atoms with E-state index in [4.69, 9.17) is 0 Å². The minimum atomic E-state index is 0.373. The molecule has 0 saturated heterocycles. The number of aryl methyl sites for hydroxylation is 4. The third-order valence-corrected chi connectivity index (χ3v) is 3.95. The molecule has 1 unspecified atom stereocenters. The van der Waals surface area contributed by atoms with Crippen molar-refractivity contribution in [3.8, 4) is 0 Å². The molecule has 108 valence electrons. The van der Waals surface area contributed by atoms with Crippen molar-refractivity contribution in [2.45, 2.75) is 40.2 Å². The van der Waals surface area contributed by atoms with Crippen LogP contribution in [0.4, 0.5) is 0 Å². The molecule has 1 atom stereocenters. The van der Waals surface area contributed by atoms with Crippen molar-refractivity contribution in [1.82, 2.24) is 15.1 Å². The van der Waals surface area contributed by atoms with Crippen LogP contribution in [0, 0.1) is 20.8 Å². The molecule has 0 bridgehead atoms. The molecule has 0 aliphatic carbocycles. The number of hydrogen-bond donors (Lipinski definition) is 1. The van der Waals surface area contributed by atoms with E-state index >= 15 is 0 Å². The Hall–Kier alpha value is -1.61. The molecule has 1 aromatic carbocycles. The fourth-order valence-corrected chi connectivity index (χ4v) is 2.57. The lowest BCUT2D eigenvalue weighted by Crippen LogP contribution is -2.22. The van der Waals surface area contributed by atoms with E-state index < -0.39 is 0 Å². The summed E-state index contributed by atoms with van der Waals surface area (Å²) in [7, 11) is 1.96. The van der Waals surface area contributed by atoms with E-state index in [9.17, 15) is 0 Å². The summed E-state index contributed by atoms with van der Waals surface area (Å²) in [6, 6.07) is 7.04. The van der Waals surface area contributed by atoms with Crippen molar-refractivity contribution in [2.24, 2.45) is 7.05 Å². The van der Waals surface area contributed by atoms with Crippen molar-refractivity contribution < 1.29 is 0 Å². The second-order valence-corrected chi connectivity index (χ2v) is 5.70. The molecule has 0 saturated carbocycles. The maximum absolute atomic E-state index is 4.40. The van der Waals surface area contributed by atoms with Gasteiger partial charge in [-0.15, -0.1) is 0 Å². The van der Waals surface area contributed by atoms with Gasteiger partial charge in [-0.2, -0.15) is 5.10 Å². The van der Waals surface area contributed by atoms with Gasteiger partial charge in [-0.25, -0.2) is 0 Å². The van der Waals surface area contributed by atoms with Gasteiger partial charge in [0.25, 0.3) is 0 Å². The Kier molecular flexibility index (Phi) is 4.61. The van der Waals surface area contributed by atoms with E-state index in [1.54, 1.807) is 0 Å². The average molecular weight is 271 g/mol. The molecular weight excluding hydrogens is 246 g/mol. The first-order chi connectivity index (χ1) is 9.47. The molecule has 3 heteroatoms. The van der Waals surface area contributed by atoms with Crippen LogP contribution in [0.2, 0.25) is 0 Å². The summed E-state index contributed by atoms with van der Waals surface area (Å²) in [5.74, 6) is 0. The van der Waals surface area contributed by atoms with E-state index in [0.29, 0.717) is 6.04 Å². The predicted octanol–water partition coefficient (Wildman–Crippen LogP) is 3.24. The molecule has 1 aromatic heterocycles. The van der Waals surface area contributed by atoms with Crippen LogP contribution in [0.3, 0.4) is 0 Å². The number of nitrogens with zero attached hydrogens (tertiary/aromatic N) is 2. The second-order valence-electron chi connectivity index (χ2n) is 5.70. The molecular formula is C17H25N3. The van der Waals surface area contributed by atoms with Crippen LogP contribution in [-0.2, 0) is 13.5 Å². The molecule has 2 rings (SSSR count). The third-order valence-electron chi connectivity index (χ3n) is 3.95. The predicted molar refractivity (Wildman–Crippen MR) is 84.0 cm³/mol. The van der Waals surface area contributed by atoms with Crippen molar-refractivity contribution in [3.63, 3.8) is 0 Å². The molecule has 1 heterocycles. The highest BCUT2D eigenvalue weighted by molar-refractivity contribution is 5.38. The summed E-state index contributed by atoms with van der Waals surface area (Å²) in [5, 5.41) is 8.00. The van der Waals surface area contributed by atoms with Crippen LogP contribution in [-0.4, -0.2) is 16.3 Å². The average Bonchev–Trinajstić information content (AvgIpc) is 2.79. The Morgan fingerprint density at radius 3 is 2.50 bits per heavy atom. The van der Waals surface area contributed by atoms with E-state index in [2.05, 4.69) is 56.3 Å². The molecule has 0 spiro atoms. The Labute approximate surface area is 122 Å². The van der Waals surface area contributed by atoms with E-state index in [0.717, 1.165) is 18.7 Å². The van der Waals surface area contributed by atoms with Crippen molar-refractivity contribution in [1.29, 1.82) is 0 Å². The lowest BCUT2D eigenvalue weighted by Gasteiger charge is -2.18. The number of aromatic nitrogens is 2. The number of rotatable bonds is 5. The summed E-state index contributed by atoms with van der Waals surface area (Å²) >= 11 is 0. The first-order valence-electron chi connectivity index (χ1n) is 7.27. The highest BCUT2D eigenvalue weighted by atomic mass is 15.2. The SMILES string of the molecule is Cc1cc(C)c(C(C)NCCc2ccn(C)n2)cc1C. The minimum Gasteiger partial charge on any atom is -0.310 e. The molecule has 0 aliphatic rings. The Bertz CT molecular complexity index is 584. The Morgan fingerprint density at radius 2 is 1.85 bits per heavy atom. The summed E-state index contributed by atoms with van der Waals surface area (Å²) in [6.45, 7) is 9.73. The zero-order valence-corrected chi connectivity index (χ0v) is 13.2. The second kappa shape index (κ2) is 6.23. The number of benzene rings is 1. The highest BCUT2D eigenvalue weighted by Gasteiger charge is 2.09. The van der Waals surface area contributed by atoms with Gasteiger partial charge in [0.05, 0.1) is 5.69 Å². The van der Waals surface area contributed by atoms with Gasteiger partial charge in [0.15, 0.2) is 0 Å². The fraction of sp³-hybridized carbons (Fsp3) is 0.471. The van der Waals surface area contributed by atoms with Gasteiger partial charge in [0, 0.05) is 32.3 Å². The quantitative estimate of drug-likeness (QED) is 0.904. The summed E-state index contributed by atoms with van der Waals surface area (Å²) in [6.07, 6.45) is 2.96. The highest BCUT2D eigenvalue weighted by Crippen LogP contribution is 2.21. The molecule has 20 heavy (non-hydrogen) atoms. The molecule has 0 radical (unpaired) electrons. The van der Waals surface area contributed by atoms with Gasteiger partial charge in [-0.05, 0) is 56.0 Å². The van der Waals surface area contributed by atoms with Gasteiger partial charge in [-0.1, -0.05) is 12.1 Å². The van der Waals surface area contributed by atoms with Crippen molar-refractivity contribution >= 4 is 0 Å². The summed E-state index contributed by atoms with van der Waals surface area (Å²) < 4.78 is 1.85. The van der Waals surface area contributed by atoms with E-state index in [-0.39, 0.29) is 0 Å². The summed E-state index contributed by atoms with van der Waals surface area (Å²) in [5.41, 5.74) is 6.64. The minimum absolute atomic E-state index is 0.373. The van der Waals surface area contributed by atoms with Crippen molar-refractivity contribution in [2.75, 3.05) is 6.54 Å². The van der Waals surface area contributed by atoms with Gasteiger partial charge < -0.3 is 5.32 Å². The molecule has 0 aliphatic heterocycles.